The van der Waals surface area contributed by atoms with Crippen LogP contribution in [0.25, 0.3) is 0 Å². The molecule has 0 aliphatic rings. The molecule has 0 radical (unpaired) electrons. The smallest absolute Gasteiger partial charge is 0.261 e. The molecule has 0 spiro atoms. The minimum atomic E-state index is -3.76. The molecule has 0 aromatic heterocycles. The van der Waals surface area contributed by atoms with Crippen molar-refractivity contribution in [3.05, 3.63) is 95.8 Å². The van der Waals surface area contributed by atoms with E-state index in [4.69, 9.17) is 0 Å². The summed E-state index contributed by atoms with van der Waals surface area (Å²) in [5, 5.41) is 5.33. The van der Waals surface area contributed by atoms with Crippen LogP contribution in [0, 0.1) is 5.82 Å². The number of carbonyl (C=O) groups is 2. The lowest BCUT2D eigenvalue weighted by Gasteiger charge is -2.09. The molecule has 7 nitrogen and oxygen atoms in total. The Bertz CT molecular complexity index is 1170. The first-order valence-corrected chi connectivity index (χ1v) is 11.3. The lowest BCUT2D eigenvalue weighted by Crippen LogP contribution is -2.35. The largest absolute Gasteiger partial charge is 0.354 e. The quantitative estimate of drug-likeness (QED) is 0.432. The number of nitrogens with one attached hydrogen (secondary N) is 3. The average Bonchev–Trinajstić information content (AvgIpc) is 2.78. The van der Waals surface area contributed by atoms with Crippen molar-refractivity contribution < 1.29 is 22.4 Å². The predicted molar refractivity (Wildman–Crippen MR) is 119 cm³/mol. The van der Waals surface area contributed by atoms with E-state index < -0.39 is 15.9 Å². The summed E-state index contributed by atoms with van der Waals surface area (Å²) in [5.41, 5.74) is 1.42. The second-order valence-corrected chi connectivity index (χ2v) is 8.59. The summed E-state index contributed by atoms with van der Waals surface area (Å²) in [6, 6.07) is 19.7. The maximum Gasteiger partial charge on any atom is 0.261 e. The van der Waals surface area contributed by atoms with Crippen LogP contribution in [0.15, 0.2) is 83.8 Å². The van der Waals surface area contributed by atoms with Crippen molar-refractivity contribution in [1.82, 2.24) is 10.6 Å². The molecule has 2 amide bonds. The van der Waals surface area contributed by atoms with Crippen LogP contribution in [0.2, 0.25) is 0 Å². The maximum absolute atomic E-state index is 12.9. The molecule has 0 aliphatic heterocycles. The first kappa shape index (κ1) is 23.0. The second-order valence-electron chi connectivity index (χ2n) is 6.90. The SMILES string of the molecule is O=C(Cc1ccc(F)cc1)NCCNC(=O)c1ccc(S(=O)(=O)Nc2ccccc2)cc1. The lowest BCUT2D eigenvalue weighted by molar-refractivity contribution is -0.120. The van der Waals surface area contributed by atoms with E-state index in [1.807, 2.05) is 0 Å². The van der Waals surface area contributed by atoms with Gasteiger partial charge in [0, 0.05) is 24.3 Å². The molecule has 9 heteroatoms. The number of amides is 2. The predicted octanol–water partition coefficient (Wildman–Crippen LogP) is 2.72. The normalized spacial score (nSPS) is 10.9. The Kier molecular flexibility index (Phi) is 7.56. The Hall–Kier alpha value is -3.72. The fraction of sp³-hybridized carbons (Fsp3) is 0.130. The van der Waals surface area contributed by atoms with Gasteiger partial charge >= 0.3 is 0 Å². The minimum Gasteiger partial charge on any atom is -0.354 e. The minimum absolute atomic E-state index is 0.0333. The maximum atomic E-state index is 12.9. The molecule has 0 saturated carbocycles. The number of hydrogen-bond donors (Lipinski definition) is 3. The van der Waals surface area contributed by atoms with E-state index in [0.29, 0.717) is 16.8 Å². The molecule has 32 heavy (non-hydrogen) atoms. The van der Waals surface area contributed by atoms with Crippen LogP contribution in [0.1, 0.15) is 15.9 Å². The van der Waals surface area contributed by atoms with Gasteiger partial charge in [0.15, 0.2) is 0 Å². The third-order valence-electron chi connectivity index (χ3n) is 4.46. The standard InChI is InChI=1S/C23H22FN3O4S/c24-19-10-6-17(7-11-19)16-22(28)25-14-15-26-23(29)18-8-12-21(13-9-18)32(30,31)27-20-4-2-1-3-5-20/h1-13,27H,14-16H2,(H,25,28)(H,26,29). The van der Waals surface area contributed by atoms with Crippen molar-refractivity contribution in [3.63, 3.8) is 0 Å². The van der Waals surface area contributed by atoms with E-state index in [-0.39, 0.29) is 36.1 Å². The summed E-state index contributed by atoms with van der Waals surface area (Å²) >= 11 is 0. The molecule has 3 N–H and O–H groups in total. The lowest BCUT2D eigenvalue weighted by atomic mass is 10.1. The Labute approximate surface area is 185 Å². The number of benzene rings is 3. The van der Waals surface area contributed by atoms with Gasteiger partial charge in [0.25, 0.3) is 15.9 Å². The van der Waals surface area contributed by atoms with Crippen molar-refractivity contribution in [2.24, 2.45) is 0 Å². The number of hydrogen-bond acceptors (Lipinski definition) is 4. The van der Waals surface area contributed by atoms with Crippen molar-refractivity contribution in [2.45, 2.75) is 11.3 Å². The van der Waals surface area contributed by atoms with Gasteiger partial charge in [0.05, 0.1) is 11.3 Å². The second kappa shape index (κ2) is 10.5. The zero-order valence-corrected chi connectivity index (χ0v) is 17.9. The molecule has 0 heterocycles. The van der Waals surface area contributed by atoms with Crippen LogP contribution in [0.5, 0.6) is 0 Å². The Morgan fingerprint density at radius 1 is 0.781 bits per heavy atom. The first-order valence-electron chi connectivity index (χ1n) is 9.81. The van der Waals surface area contributed by atoms with E-state index in [9.17, 15) is 22.4 Å². The number of rotatable bonds is 9. The van der Waals surface area contributed by atoms with Crippen molar-refractivity contribution in [2.75, 3.05) is 17.8 Å². The molecule has 166 valence electrons. The number of carbonyl (C=O) groups excluding carboxylic acids is 2. The van der Waals surface area contributed by atoms with E-state index in [1.165, 1.54) is 48.5 Å². The number of anilines is 1. The topological polar surface area (TPSA) is 104 Å². The van der Waals surface area contributed by atoms with Crippen LogP contribution < -0.4 is 15.4 Å². The molecule has 3 aromatic rings. The van der Waals surface area contributed by atoms with Crippen molar-refractivity contribution in [3.8, 4) is 0 Å². The number of sulfonamides is 1. The zero-order valence-electron chi connectivity index (χ0n) is 17.0. The zero-order chi connectivity index (χ0) is 23.0. The third-order valence-corrected chi connectivity index (χ3v) is 5.86. The fourth-order valence-electron chi connectivity index (χ4n) is 2.84. The fourth-order valence-corrected chi connectivity index (χ4v) is 3.89. The highest BCUT2D eigenvalue weighted by Crippen LogP contribution is 2.16. The molecule has 0 unspecified atom stereocenters. The molecular weight excluding hydrogens is 433 g/mol. The summed E-state index contributed by atoms with van der Waals surface area (Å²) in [4.78, 5) is 24.2. The van der Waals surface area contributed by atoms with Gasteiger partial charge in [-0.05, 0) is 54.1 Å². The average molecular weight is 456 g/mol. The molecule has 0 saturated heterocycles. The van der Waals surface area contributed by atoms with Crippen molar-refractivity contribution in [1.29, 1.82) is 0 Å². The number of halogens is 1. The van der Waals surface area contributed by atoms with Gasteiger partial charge in [-0.1, -0.05) is 30.3 Å². The van der Waals surface area contributed by atoms with Gasteiger partial charge in [-0.15, -0.1) is 0 Å². The Morgan fingerprint density at radius 2 is 1.41 bits per heavy atom. The molecule has 0 atom stereocenters. The molecule has 3 aromatic carbocycles. The van der Waals surface area contributed by atoms with E-state index >= 15 is 0 Å². The van der Waals surface area contributed by atoms with Gasteiger partial charge < -0.3 is 10.6 Å². The van der Waals surface area contributed by atoms with Crippen molar-refractivity contribution >= 4 is 27.5 Å². The molecular formula is C23H22FN3O4S. The Morgan fingerprint density at radius 3 is 2.06 bits per heavy atom. The summed E-state index contributed by atoms with van der Waals surface area (Å²) in [6.07, 6.45) is 0.112. The highest BCUT2D eigenvalue weighted by molar-refractivity contribution is 7.92. The summed E-state index contributed by atoms with van der Waals surface area (Å²) in [5.74, 6) is -1.00. The summed E-state index contributed by atoms with van der Waals surface area (Å²) in [6.45, 7) is 0.419. The third kappa shape index (κ3) is 6.64. The first-order chi connectivity index (χ1) is 15.3. The van der Waals surface area contributed by atoms with Gasteiger partial charge in [0.1, 0.15) is 5.82 Å². The highest BCUT2D eigenvalue weighted by Gasteiger charge is 2.15. The van der Waals surface area contributed by atoms with Crippen LogP contribution in [-0.2, 0) is 21.2 Å². The van der Waals surface area contributed by atoms with Gasteiger partial charge in [-0.3, -0.25) is 14.3 Å². The molecule has 0 fully saturated rings. The van der Waals surface area contributed by atoms with Crippen LogP contribution >= 0.6 is 0 Å². The van der Waals surface area contributed by atoms with E-state index in [1.54, 1.807) is 30.3 Å². The Balaban J connectivity index is 1.45. The van der Waals surface area contributed by atoms with Crippen LogP contribution in [-0.4, -0.2) is 33.3 Å². The van der Waals surface area contributed by atoms with Gasteiger partial charge in [-0.2, -0.15) is 0 Å². The summed E-state index contributed by atoms with van der Waals surface area (Å²) < 4.78 is 40.2. The van der Waals surface area contributed by atoms with E-state index in [2.05, 4.69) is 15.4 Å². The van der Waals surface area contributed by atoms with E-state index in [0.717, 1.165) is 0 Å². The molecule has 0 aliphatic carbocycles. The van der Waals surface area contributed by atoms with Crippen LogP contribution in [0.4, 0.5) is 10.1 Å². The monoisotopic (exact) mass is 455 g/mol. The molecule has 0 bridgehead atoms. The van der Waals surface area contributed by atoms with Gasteiger partial charge in [-0.25, -0.2) is 12.8 Å². The van der Waals surface area contributed by atoms with Crippen LogP contribution in [0.3, 0.4) is 0 Å². The van der Waals surface area contributed by atoms with Gasteiger partial charge in [0.2, 0.25) is 5.91 Å². The summed E-state index contributed by atoms with van der Waals surface area (Å²) in [7, 11) is -3.76. The molecule has 3 rings (SSSR count). The number of para-hydroxylation sites is 1. The highest BCUT2D eigenvalue weighted by atomic mass is 32.2.